The fraction of sp³-hybridized carbons (Fsp3) is 0.353. The minimum absolute atomic E-state index is 0. The number of aliphatic imine (C=N–C) groups is 1. The van der Waals surface area contributed by atoms with Crippen LogP contribution in [0.5, 0.6) is 0 Å². The summed E-state index contributed by atoms with van der Waals surface area (Å²) in [7, 11) is 1.76. The van der Waals surface area contributed by atoms with Crippen LogP contribution in [0.15, 0.2) is 41.7 Å². The summed E-state index contributed by atoms with van der Waals surface area (Å²) in [5, 5.41) is 3.43. The Hall–Kier alpha value is -1.68. The predicted octanol–water partition coefficient (Wildman–Crippen LogP) is 2.78. The Morgan fingerprint density at radius 1 is 1.23 bits per heavy atom. The minimum atomic E-state index is -0.408. The number of aromatic nitrogens is 2. The van der Waals surface area contributed by atoms with E-state index in [1.165, 1.54) is 6.07 Å². The molecule has 0 bridgehead atoms. The molecule has 0 amide bonds. The first-order chi connectivity index (χ1) is 12.2. The van der Waals surface area contributed by atoms with Crippen molar-refractivity contribution in [1.29, 1.82) is 0 Å². The number of hydrogen-bond acceptors (Lipinski definition) is 4. The third-order valence-corrected chi connectivity index (χ3v) is 4.35. The number of piperazine rings is 1. The standard InChI is InChI=1S/C17H20ClFN6.HI/c1-20-16(23-12-13-3-4-15(19)14(18)11-13)24-7-9-25(10-8-24)17-21-5-2-6-22-17;/h2-6,11H,7-10,12H2,1H3,(H,20,23);1H. The number of anilines is 1. The van der Waals surface area contributed by atoms with Crippen LogP contribution in [0.1, 0.15) is 5.56 Å². The molecule has 1 N–H and O–H groups in total. The van der Waals surface area contributed by atoms with Crippen molar-refractivity contribution in [2.45, 2.75) is 6.54 Å². The summed E-state index contributed by atoms with van der Waals surface area (Å²) in [5.74, 6) is 1.16. The summed E-state index contributed by atoms with van der Waals surface area (Å²) in [6.45, 7) is 3.83. The molecule has 6 nitrogen and oxygen atoms in total. The van der Waals surface area contributed by atoms with Crippen molar-refractivity contribution in [1.82, 2.24) is 20.2 Å². The van der Waals surface area contributed by atoms with Gasteiger partial charge in [-0.05, 0) is 23.8 Å². The third-order valence-electron chi connectivity index (χ3n) is 4.06. The van der Waals surface area contributed by atoms with E-state index >= 15 is 0 Å². The predicted molar refractivity (Wildman–Crippen MR) is 113 cm³/mol. The fourth-order valence-electron chi connectivity index (χ4n) is 2.74. The van der Waals surface area contributed by atoms with Gasteiger partial charge < -0.3 is 15.1 Å². The number of nitrogens with zero attached hydrogens (tertiary/aromatic N) is 5. The molecule has 2 heterocycles. The Morgan fingerprint density at radius 3 is 2.54 bits per heavy atom. The van der Waals surface area contributed by atoms with E-state index in [9.17, 15) is 4.39 Å². The summed E-state index contributed by atoms with van der Waals surface area (Å²) in [5.41, 5.74) is 0.906. The van der Waals surface area contributed by atoms with Gasteiger partial charge in [-0.2, -0.15) is 0 Å². The second kappa shape index (κ2) is 9.86. The second-order valence-corrected chi connectivity index (χ2v) is 6.08. The molecule has 140 valence electrons. The van der Waals surface area contributed by atoms with Crippen LogP contribution in [-0.4, -0.2) is 54.1 Å². The molecule has 0 saturated carbocycles. The van der Waals surface area contributed by atoms with Crippen molar-refractivity contribution in [2.75, 3.05) is 38.1 Å². The van der Waals surface area contributed by atoms with Gasteiger partial charge in [-0.3, -0.25) is 4.99 Å². The van der Waals surface area contributed by atoms with E-state index in [4.69, 9.17) is 11.6 Å². The van der Waals surface area contributed by atoms with Gasteiger partial charge in [-0.1, -0.05) is 17.7 Å². The highest BCUT2D eigenvalue weighted by molar-refractivity contribution is 14.0. The molecule has 1 aliphatic rings. The SMILES string of the molecule is CN=C(NCc1ccc(F)c(Cl)c1)N1CCN(c2ncccn2)CC1.I. The lowest BCUT2D eigenvalue weighted by Gasteiger charge is -2.36. The van der Waals surface area contributed by atoms with Gasteiger partial charge in [0.1, 0.15) is 5.82 Å². The molecule has 1 aliphatic heterocycles. The molecule has 1 aromatic heterocycles. The van der Waals surface area contributed by atoms with Gasteiger partial charge in [-0.25, -0.2) is 14.4 Å². The van der Waals surface area contributed by atoms with Crippen molar-refractivity contribution in [3.8, 4) is 0 Å². The normalized spacial score (nSPS) is 14.8. The number of benzene rings is 1. The van der Waals surface area contributed by atoms with E-state index in [1.807, 2.05) is 6.07 Å². The lowest BCUT2D eigenvalue weighted by atomic mass is 10.2. The zero-order chi connectivity index (χ0) is 17.6. The fourth-order valence-corrected chi connectivity index (χ4v) is 2.94. The van der Waals surface area contributed by atoms with E-state index in [0.29, 0.717) is 6.54 Å². The summed E-state index contributed by atoms with van der Waals surface area (Å²) in [4.78, 5) is 17.3. The molecule has 0 atom stereocenters. The number of hydrogen-bond donors (Lipinski definition) is 1. The molecular formula is C17H21ClFIN6. The second-order valence-electron chi connectivity index (χ2n) is 5.67. The van der Waals surface area contributed by atoms with Crippen molar-refractivity contribution < 1.29 is 4.39 Å². The highest BCUT2D eigenvalue weighted by Gasteiger charge is 2.21. The van der Waals surface area contributed by atoms with Crippen LogP contribution in [0.4, 0.5) is 10.3 Å². The zero-order valence-corrected chi connectivity index (χ0v) is 17.5. The lowest BCUT2D eigenvalue weighted by molar-refractivity contribution is 0.370. The van der Waals surface area contributed by atoms with E-state index in [-0.39, 0.29) is 29.0 Å². The van der Waals surface area contributed by atoms with Gasteiger partial charge in [0.05, 0.1) is 5.02 Å². The summed E-state index contributed by atoms with van der Waals surface area (Å²) in [6, 6.07) is 6.53. The lowest BCUT2D eigenvalue weighted by Crippen LogP contribution is -2.52. The van der Waals surface area contributed by atoms with E-state index in [2.05, 4.69) is 30.1 Å². The Balaban J connectivity index is 0.00000243. The molecule has 26 heavy (non-hydrogen) atoms. The molecule has 2 aromatic rings. The molecule has 1 fully saturated rings. The number of nitrogens with one attached hydrogen (secondary N) is 1. The van der Waals surface area contributed by atoms with Gasteiger partial charge in [0.25, 0.3) is 0 Å². The highest BCUT2D eigenvalue weighted by atomic mass is 127. The Labute approximate surface area is 174 Å². The van der Waals surface area contributed by atoms with Crippen LogP contribution in [0.2, 0.25) is 5.02 Å². The third kappa shape index (κ3) is 5.16. The molecule has 0 aliphatic carbocycles. The number of guanidine groups is 1. The smallest absolute Gasteiger partial charge is 0.225 e. The number of halogens is 3. The first-order valence-corrected chi connectivity index (χ1v) is 8.46. The Morgan fingerprint density at radius 2 is 1.92 bits per heavy atom. The van der Waals surface area contributed by atoms with Gasteiger partial charge in [0.2, 0.25) is 5.95 Å². The topological polar surface area (TPSA) is 56.7 Å². The molecule has 0 spiro atoms. The van der Waals surface area contributed by atoms with Crippen molar-refractivity contribution in [3.05, 3.63) is 53.1 Å². The molecule has 9 heteroatoms. The maximum Gasteiger partial charge on any atom is 0.225 e. The van der Waals surface area contributed by atoms with E-state index in [0.717, 1.165) is 43.7 Å². The first kappa shape index (κ1) is 20.6. The molecule has 1 aromatic carbocycles. The van der Waals surface area contributed by atoms with Gasteiger partial charge in [0.15, 0.2) is 5.96 Å². The Bertz CT molecular complexity index is 737. The average molecular weight is 491 g/mol. The zero-order valence-electron chi connectivity index (χ0n) is 14.4. The molecule has 0 unspecified atom stereocenters. The summed E-state index contributed by atoms with van der Waals surface area (Å²) in [6.07, 6.45) is 3.51. The van der Waals surface area contributed by atoms with Gasteiger partial charge in [-0.15, -0.1) is 24.0 Å². The van der Waals surface area contributed by atoms with Crippen LogP contribution in [0, 0.1) is 5.82 Å². The largest absolute Gasteiger partial charge is 0.352 e. The van der Waals surface area contributed by atoms with Gasteiger partial charge >= 0.3 is 0 Å². The van der Waals surface area contributed by atoms with Crippen molar-refractivity contribution in [3.63, 3.8) is 0 Å². The maximum absolute atomic E-state index is 13.2. The van der Waals surface area contributed by atoms with Crippen LogP contribution in [0.3, 0.4) is 0 Å². The van der Waals surface area contributed by atoms with Crippen LogP contribution in [0.25, 0.3) is 0 Å². The molecule has 0 radical (unpaired) electrons. The quantitative estimate of drug-likeness (QED) is 0.407. The van der Waals surface area contributed by atoms with Crippen LogP contribution in [-0.2, 0) is 6.54 Å². The van der Waals surface area contributed by atoms with Crippen LogP contribution < -0.4 is 10.2 Å². The summed E-state index contributed by atoms with van der Waals surface area (Å²) >= 11 is 5.83. The Kier molecular flexibility index (Phi) is 7.83. The van der Waals surface area contributed by atoms with Gasteiger partial charge in [0, 0.05) is 52.2 Å². The maximum atomic E-state index is 13.2. The molecule has 1 saturated heterocycles. The average Bonchev–Trinajstić information content (AvgIpc) is 2.66. The van der Waals surface area contributed by atoms with Crippen LogP contribution >= 0.6 is 35.6 Å². The van der Waals surface area contributed by atoms with E-state index < -0.39 is 5.82 Å². The first-order valence-electron chi connectivity index (χ1n) is 8.09. The minimum Gasteiger partial charge on any atom is -0.352 e. The van der Waals surface area contributed by atoms with Crippen molar-refractivity contribution >= 4 is 47.5 Å². The molecular weight excluding hydrogens is 470 g/mol. The van der Waals surface area contributed by atoms with Crippen molar-refractivity contribution in [2.24, 2.45) is 4.99 Å². The molecule has 3 rings (SSSR count). The summed E-state index contributed by atoms with van der Waals surface area (Å²) < 4.78 is 13.2. The monoisotopic (exact) mass is 490 g/mol. The van der Waals surface area contributed by atoms with E-state index in [1.54, 1.807) is 31.6 Å². The number of rotatable bonds is 3. The highest BCUT2D eigenvalue weighted by Crippen LogP contribution is 2.16.